The summed E-state index contributed by atoms with van der Waals surface area (Å²) in [6.07, 6.45) is 5.24. The molecule has 4 nitrogen and oxygen atoms in total. The number of hydrogen-bond acceptors (Lipinski definition) is 2. The number of carbonyl (C=O) groups is 1. The first kappa shape index (κ1) is 12.4. The molecule has 2 heterocycles. The number of nitrogens with zero attached hydrogens (tertiary/aromatic N) is 2. The Balaban J connectivity index is 2.05. The number of carbonyl (C=O) groups excluding carboxylic acids is 1. The molecule has 0 spiro atoms. The predicted molar refractivity (Wildman–Crippen MR) is 79.9 cm³/mol. The second-order valence-electron chi connectivity index (χ2n) is 4.50. The van der Waals surface area contributed by atoms with Gasteiger partial charge in [-0.3, -0.25) is 9.78 Å². The molecule has 0 aliphatic carbocycles. The normalized spacial score (nSPS) is 10.7. The Labute approximate surface area is 117 Å². The lowest BCUT2D eigenvalue weighted by Gasteiger charge is -2.21. The molecule has 20 heavy (non-hydrogen) atoms. The molecule has 0 saturated carbocycles. The van der Waals surface area contributed by atoms with Gasteiger partial charge < -0.3 is 9.88 Å². The fraction of sp³-hybridized carbons (Fsp3) is 0.125. The third-order valence-corrected chi connectivity index (χ3v) is 3.35. The van der Waals surface area contributed by atoms with Crippen LogP contribution >= 0.6 is 0 Å². The standard InChI is InChI=1S/C16H15N3O/c1-2-19(13-7-9-17-10-8-13)16(20)14-5-3-4-12-6-11-18-15(12)14/h3-11,18H,2H2,1H3. The molecule has 1 amide bonds. The van der Waals surface area contributed by atoms with Gasteiger partial charge in [-0.1, -0.05) is 12.1 Å². The van der Waals surface area contributed by atoms with Gasteiger partial charge in [0.2, 0.25) is 0 Å². The van der Waals surface area contributed by atoms with E-state index < -0.39 is 0 Å². The molecule has 1 aromatic carbocycles. The van der Waals surface area contributed by atoms with E-state index in [2.05, 4.69) is 9.97 Å². The highest BCUT2D eigenvalue weighted by Crippen LogP contribution is 2.21. The smallest absolute Gasteiger partial charge is 0.260 e. The molecule has 0 atom stereocenters. The van der Waals surface area contributed by atoms with Gasteiger partial charge in [0.1, 0.15) is 0 Å². The second-order valence-corrected chi connectivity index (χ2v) is 4.50. The Morgan fingerprint density at radius 3 is 2.75 bits per heavy atom. The average molecular weight is 265 g/mol. The van der Waals surface area contributed by atoms with Gasteiger partial charge in [-0.25, -0.2) is 0 Å². The number of aromatic nitrogens is 2. The number of rotatable bonds is 3. The fourth-order valence-electron chi connectivity index (χ4n) is 2.38. The molecule has 0 aliphatic heterocycles. The molecule has 0 aliphatic rings. The molecule has 0 unspecified atom stereocenters. The second kappa shape index (κ2) is 5.17. The zero-order valence-electron chi connectivity index (χ0n) is 11.2. The van der Waals surface area contributed by atoms with Crippen molar-refractivity contribution in [2.75, 3.05) is 11.4 Å². The number of para-hydroxylation sites is 1. The monoisotopic (exact) mass is 265 g/mol. The molecule has 1 N–H and O–H groups in total. The maximum absolute atomic E-state index is 12.8. The van der Waals surface area contributed by atoms with Crippen LogP contribution in [0.1, 0.15) is 17.3 Å². The zero-order chi connectivity index (χ0) is 13.9. The molecule has 0 bridgehead atoms. The average Bonchev–Trinajstić information content (AvgIpc) is 2.97. The van der Waals surface area contributed by atoms with Crippen LogP contribution in [0.3, 0.4) is 0 Å². The van der Waals surface area contributed by atoms with Crippen LogP contribution in [-0.2, 0) is 0 Å². The molecule has 0 saturated heterocycles. The van der Waals surface area contributed by atoms with Crippen molar-refractivity contribution in [2.45, 2.75) is 6.92 Å². The van der Waals surface area contributed by atoms with Crippen molar-refractivity contribution in [1.82, 2.24) is 9.97 Å². The first-order chi connectivity index (χ1) is 9.81. The van der Waals surface area contributed by atoms with Crippen molar-refractivity contribution in [3.05, 3.63) is 60.6 Å². The van der Waals surface area contributed by atoms with E-state index >= 15 is 0 Å². The minimum atomic E-state index is -0.00764. The number of nitrogens with one attached hydrogen (secondary N) is 1. The molecule has 2 aromatic heterocycles. The number of hydrogen-bond donors (Lipinski definition) is 1. The Bertz CT molecular complexity index is 734. The van der Waals surface area contributed by atoms with Crippen LogP contribution < -0.4 is 4.90 Å². The summed E-state index contributed by atoms with van der Waals surface area (Å²) in [5.41, 5.74) is 2.42. The van der Waals surface area contributed by atoms with Crippen molar-refractivity contribution >= 4 is 22.5 Å². The van der Waals surface area contributed by atoms with Gasteiger partial charge in [0.05, 0.1) is 11.1 Å². The molecule has 100 valence electrons. The van der Waals surface area contributed by atoms with Crippen molar-refractivity contribution in [2.24, 2.45) is 0 Å². The number of benzene rings is 1. The van der Waals surface area contributed by atoms with Gasteiger partial charge in [-0.05, 0) is 31.2 Å². The number of anilines is 1. The van der Waals surface area contributed by atoms with E-state index in [1.54, 1.807) is 17.3 Å². The van der Waals surface area contributed by atoms with E-state index in [1.807, 2.05) is 49.5 Å². The molecule has 0 fully saturated rings. The van der Waals surface area contributed by atoms with Crippen LogP contribution in [0.2, 0.25) is 0 Å². The summed E-state index contributed by atoms with van der Waals surface area (Å²) in [7, 11) is 0. The Morgan fingerprint density at radius 1 is 1.20 bits per heavy atom. The zero-order valence-corrected chi connectivity index (χ0v) is 11.2. The summed E-state index contributed by atoms with van der Waals surface area (Å²) in [4.78, 5) is 21.7. The SMILES string of the molecule is CCN(C(=O)c1cccc2cc[nH]c12)c1ccncc1. The van der Waals surface area contributed by atoms with E-state index in [9.17, 15) is 4.79 Å². The lowest BCUT2D eigenvalue weighted by molar-refractivity contribution is 0.0990. The predicted octanol–water partition coefficient (Wildman–Crippen LogP) is 3.23. The highest BCUT2D eigenvalue weighted by molar-refractivity contribution is 6.13. The molecular formula is C16H15N3O. The summed E-state index contributed by atoms with van der Waals surface area (Å²) in [6.45, 7) is 2.58. The van der Waals surface area contributed by atoms with E-state index in [-0.39, 0.29) is 5.91 Å². The van der Waals surface area contributed by atoms with Crippen LogP contribution in [0.25, 0.3) is 10.9 Å². The molecule has 0 radical (unpaired) electrons. The van der Waals surface area contributed by atoms with E-state index in [0.717, 1.165) is 16.6 Å². The Morgan fingerprint density at radius 2 is 2.00 bits per heavy atom. The molecular weight excluding hydrogens is 250 g/mol. The number of aromatic amines is 1. The van der Waals surface area contributed by atoms with Crippen LogP contribution in [0, 0.1) is 0 Å². The van der Waals surface area contributed by atoms with E-state index in [0.29, 0.717) is 12.1 Å². The Hall–Kier alpha value is -2.62. The minimum absolute atomic E-state index is 0.00764. The van der Waals surface area contributed by atoms with Gasteiger partial charge in [0, 0.05) is 36.2 Å². The number of fused-ring (bicyclic) bond motifs is 1. The van der Waals surface area contributed by atoms with Crippen molar-refractivity contribution in [3.8, 4) is 0 Å². The van der Waals surface area contributed by atoms with E-state index in [1.165, 1.54) is 0 Å². The summed E-state index contributed by atoms with van der Waals surface area (Å²) >= 11 is 0. The number of H-pyrrole nitrogens is 1. The summed E-state index contributed by atoms with van der Waals surface area (Å²) in [5, 5.41) is 1.04. The largest absolute Gasteiger partial charge is 0.361 e. The summed E-state index contributed by atoms with van der Waals surface area (Å²) in [5.74, 6) is -0.00764. The molecule has 3 rings (SSSR count). The van der Waals surface area contributed by atoms with Gasteiger partial charge in [0.25, 0.3) is 5.91 Å². The van der Waals surface area contributed by atoms with Crippen LogP contribution in [-0.4, -0.2) is 22.4 Å². The van der Waals surface area contributed by atoms with Gasteiger partial charge >= 0.3 is 0 Å². The topological polar surface area (TPSA) is 49.0 Å². The van der Waals surface area contributed by atoms with Gasteiger partial charge in [-0.2, -0.15) is 0 Å². The number of pyridine rings is 1. The maximum atomic E-state index is 12.8. The van der Waals surface area contributed by atoms with E-state index in [4.69, 9.17) is 0 Å². The van der Waals surface area contributed by atoms with Crippen LogP contribution in [0.5, 0.6) is 0 Å². The molecule has 4 heteroatoms. The third-order valence-electron chi connectivity index (χ3n) is 3.35. The van der Waals surface area contributed by atoms with Crippen LogP contribution in [0.4, 0.5) is 5.69 Å². The van der Waals surface area contributed by atoms with Gasteiger partial charge in [0.15, 0.2) is 0 Å². The lowest BCUT2D eigenvalue weighted by Crippen LogP contribution is -2.30. The quantitative estimate of drug-likeness (QED) is 0.790. The Kier molecular flexibility index (Phi) is 3.21. The van der Waals surface area contributed by atoms with Gasteiger partial charge in [-0.15, -0.1) is 0 Å². The lowest BCUT2D eigenvalue weighted by atomic mass is 10.1. The highest BCUT2D eigenvalue weighted by Gasteiger charge is 2.18. The third kappa shape index (κ3) is 2.05. The highest BCUT2D eigenvalue weighted by atomic mass is 16.2. The summed E-state index contributed by atoms with van der Waals surface area (Å²) in [6, 6.07) is 11.4. The summed E-state index contributed by atoms with van der Waals surface area (Å²) < 4.78 is 0. The molecule has 3 aromatic rings. The minimum Gasteiger partial charge on any atom is -0.361 e. The van der Waals surface area contributed by atoms with Crippen molar-refractivity contribution in [3.63, 3.8) is 0 Å². The first-order valence-electron chi connectivity index (χ1n) is 6.59. The van der Waals surface area contributed by atoms with Crippen molar-refractivity contribution in [1.29, 1.82) is 0 Å². The first-order valence-corrected chi connectivity index (χ1v) is 6.59. The maximum Gasteiger partial charge on any atom is 0.260 e. The number of amides is 1. The fourth-order valence-corrected chi connectivity index (χ4v) is 2.38. The van der Waals surface area contributed by atoms with Crippen LogP contribution in [0.15, 0.2) is 55.0 Å². The van der Waals surface area contributed by atoms with Crippen molar-refractivity contribution < 1.29 is 4.79 Å².